The van der Waals surface area contributed by atoms with E-state index in [0.29, 0.717) is 36.4 Å². The molecule has 0 radical (unpaired) electrons. The van der Waals surface area contributed by atoms with Gasteiger partial charge in [-0.2, -0.15) is 0 Å². The summed E-state index contributed by atoms with van der Waals surface area (Å²) in [5.41, 5.74) is 2.76. The van der Waals surface area contributed by atoms with Crippen LogP contribution >= 0.6 is 0 Å². The lowest BCUT2D eigenvalue weighted by molar-refractivity contribution is -0.140. The molecule has 0 bridgehead atoms. The van der Waals surface area contributed by atoms with Gasteiger partial charge in [-0.25, -0.2) is 0 Å². The molecule has 1 aliphatic rings. The molecular weight excluding hydrogens is 422 g/mol. The quantitative estimate of drug-likeness (QED) is 0.268. The second-order valence-corrected chi connectivity index (χ2v) is 8.49. The minimum atomic E-state index is -0.772. The number of ether oxygens (including phenoxy) is 2. The number of likely N-dealkylation sites (tertiary alicyclic amines) is 1. The second-order valence-electron chi connectivity index (χ2n) is 8.49. The summed E-state index contributed by atoms with van der Waals surface area (Å²) in [6.07, 6.45) is 0.539. The SMILES string of the molecule is COCCCN1C(=O)C(=O)/C(=C(/O)c2cc(C(C)C)c(OC)cc2C)C1c1ccc(O)cc1. The van der Waals surface area contributed by atoms with Crippen molar-refractivity contribution < 1.29 is 29.3 Å². The molecule has 1 fully saturated rings. The summed E-state index contributed by atoms with van der Waals surface area (Å²) in [6.45, 7) is 6.58. The second kappa shape index (κ2) is 10.1. The molecule has 1 aliphatic heterocycles. The number of methoxy groups -OCH3 is 2. The van der Waals surface area contributed by atoms with Crippen LogP contribution in [0.25, 0.3) is 5.76 Å². The molecule has 7 nitrogen and oxygen atoms in total. The first kappa shape index (κ1) is 24.3. The minimum absolute atomic E-state index is 0.0334. The summed E-state index contributed by atoms with van der Waals surface area (Å²) in [5, 5.41) is 21.1. The van der Waals surface area contributed by atoms with Gasteiger partial charge in [0.15, 0.2) is 0 Å². The topological polar surface area (TPSA) is 96.3 Å². The number of Topliss-reactive ketones (excluding diaryl/α,β-unsaturated/α-hetero) is 1. The molecule has 0 aliphatic carbocycles. The average Bonchev–Trinajstić information content (AvgIpc) is 3.04. The minimum Gasteiger partial charge on any atom is -0.508 e. The number of aliphatic hydroxyl groups is 1. The first-order valence-corrected chi connectivity index (χ1v) is 11.0. The predicted octanol–water partition coefficient (Wildman–Crippen LogP) is 4.29. The van der Waals surface area contributed by atoms with Gasteiger partial charge in [0.1, 0.15) is 17.3 Å². The Kier molecular flexibility index (Phi) is 7.43. The van der Waals surface area contributed by atoms with Crippen molar-refractivity contribution in [3.63, 3.8) is 0 Å². The van der Waals surface area contributed by atoms with Gasteiger partial charge < -0.3 is 24.6 Å². The highest BCUT2D eigenvalue weighted by Crippen LogP contribution is 2.41. The zero-order chi connectivity index (χ0) is 24.3. The van der Waals surface area contributed by atoms with E-state index in [2.05, 4.69) is 0 Å². The van der Waals surface area contributed by atoms with E-state index < -0.39 is 17.7 Å². The van der Waals surface area contributed by atoms with E-state index in [1.807, 2.05) is 32.9 Å². The molecule has 176 valence electrons. The monoisotopic (exact) mass is 453 g/mol. The molecule has 1 heterocycles. The molecule has 1 amide bonds. The fourth-order valence-corrected chi connectivity index (χ4v) is 4.22. The number of carbonyl (C=O) groups is 2. The number of hydrogen-bond acceptors (Lipinski definition) is 6. The lowest BCUT2D eigenvalue weighted by Crippen LogP contribution is -2.31. The van der Waals surface area contributed by atoms with Crippen LogP contribution in [0.1, 0.15) is 54.5 Å². The third kappa shape index (κ3) is 4.73. The van der Waals surface area contributed by atoms with Crippen LogP contribution in [0.3, 0.4) is 0 Å². The number of nitrogens with zero attached hydrogens (tertiary/aromatic N) is 1. The Balaban J connectivity index is 2.20. The fraction of sp³-hybridized carbons (Fsp3) is 0.385. The van der Waals surface area contributed by atoms with Crippen molar-refractivity contribution >= 4 is 17.4 Å². The number of phenols is 1. The summed E-state index contributed by atoms with van der Waals surface area (Å²) in [4.78, 5) is 27.6. The summed E-state index contributed by atoms with van der Waals surface area (Å²) in [6, 6.07) is 9.19. The lowest BCUT2D eigenvalue weighted by Gasteiger charge is -2.25. The van der Waals surface area contributed by atoms with Gasteiger partial charge in [0.2, 0.25) is 0 Å². The highest BCUT2D eigenvalue weighted by molar-refractivity contribution is 6.46. The normalized spacial score (nSPS) is 17.8. The molecule has 1 unspecified atom stereocenters. The van der Waals surface area contributed by atoms with E-state index in [1.54, 1.807) is 26.4 Å². The fourth-order valence-electron chi connectivity index (χ4n) is 4.22. The molecule has 2 aromatic carbocycles. The van der Waals surface area contributed by atoms with Crippen LogP contribution in [0.15, 0.2) is 42.0 Å². The molecule has 1 saturated heterocycles. The summed E-state index contributed by atoms with van der Waals surface area (Å²) >= 11 is 0. The molecule has 0 saturated carbocycles. The van der Waals surface area contributed by atoms with Gasteiger partial charge in [-0.3, -0.25) is 9.59 Å². The van der Waals surface area contributed by atoms with Crippen LogP contribution in [0.2, 0.25) is 0 Å². The maximum atomic E-state index is 13.2. The third-order valence-corrected chi connectivity index (χ3v) is 5.95. The lowest BCUT2D eigenvalue weighted by atomic mass is 9.91. The van der Waals surface area contributed by atoms with Gasteiger partial charge in [-0.15, -0.1) is 0 Å². The number of aryl methyl sites for hydroxylation is 1. The number of rotatable bonds is 8. The van der Waals surface area contributed by atoms with Crippen molar-refractivity contribution in [2.45, 2.75) is 39.2 Å². The van der Waals surface area contributed by atoms with Crippen molar-refractivity contribution in [3.8, 4) is 11.5 Å². The molecule has 2 N–H and O–H groups in total. The highest BCUT2D eigenvalue weighted by Gasteiger charge is 2.46. The van der Waals surface area contributed by atoms with E-state index in [4.69, 9.17) is 9.47 Å². The first-order valence-electron chi connectivity index (χ1n) is 11.0. The molecule has 33 heavy (non-hydrogen) atoms. The molecule has 3 rings (SSSR count). The van der Waals surface area contributed by atoms with Crippen LogP contribution in [0.5, 0.6) is 11.5 Å². The Bertz CT molecular complexity index is 1070. The Morgan fingerprint density at radius 3 is 2.36 bits per heavy atom. The number of carbonyl (C=O) groups excluding carboxylic acids is 2. The molecule has 0 spiro atoms. The van der Waals surface area contributed by atoms with E-state index in [9.17, 15) is 19.8 Å². The number of phenolic OH excluding ortho intramolecular Hbond substituents is 1. The van der Waals surface area contributed by atoms with Gasteiger partial charge >= 0.3 is 0 Å². The van der Waals surface area contributed by atoms with Crippen LogP contribution in [-0.4, -0.2) is 54.2 Å². The summed E-state index contributed by atoms with van der Waals surface area (Å²) in [5.74, 6) is -0.721. The summed E-state index contributed by atoms with van der Waals surface area (Å²) in [7, 11) is 3.17. The maximum absolute atomic E-state index is 13.2. The maximum Gasteiger partial charge on any atom is 0.295 e. The van der Waals surface area contributed by atoms with Gasteiger partial charge in [-0.05, 0) is 60.2 Å². The number of ketones is 1. The Labute approximate surface area is 194 Å². The Morgan fingerprint density at radius 1 is 1.12 bits per heavy atom. The highest BCUT2D eigenvalue weighted by atomic mass is 16.5. The first-order chi connectivity index (χ1) is 15.7. The van der Waals surface area contributed by atoms with Crippen molar-refractivity contribution in [2.24, 2.45) is 0 Å². The predicted molar refractivity (Wildman–Crippen MR) is 125 cm³/mol. The van der Waals surface area contributed by atoms with Crippen LogP contribution < -0.4 is 4.74 Å². The molecule has 1 atom stereocenters. The Morgan fingerprint density at radius 2 is 1.79 bits per heavy atom. The van der Waals surface area contributed by atoms with Gasteiger partial charge in [-0.1, -0.05) is 26.0 Å². The number of hydrogen-bond donors (Lipinski definition) is 2. The smallest absolute Gasteiger partial charge is 0.295 e. The number of aromatic hydroxyl groups is 1. The molecule has 0 aromatic heterocycles. The number of amides is 1. The number of benzene rings is 2. The van der Waals surface area contributed by atoms with Crippen LogP contribution in [0, 0.1) is 6.92 Å². The Hall–Kier alpha value is -3.32. The van der Waals surface area contributed by atoms with E-state index in [-0.39, 0.29) is 23.0 Å². The van der Waals surface area contributed by atoms with E-state index in [1.165, 1.54) is 17.0 Å². The zero-order valence-electron chi connectivity index (χ0n) is 19.7. The van der Waals surface area contributed by atoms with Crippen LogP contribution in [0.4, 0.5) is 0 Å². The molecular formula is C26H31NO6. The number of aliphatic hydroxyl groups excluding tert-OH is 1. The van der Waals surface area contributed by atoms with Crippen LogP contribution in [-0.2, 0) is 14.3 Å². The van der Waals surface area contributed by atoms with E-state index in [0.717, 1.165) is 11.1 Å². The summed E-state index contributed by atoms with van der Waals surface area (Å²) < 4.78 is 10.6. The largest absolute Gasteiger partial charge is 0.508 e. The van der Waals surface area contributed by atoms with Gasteiger partial charge in [0, 0.05) is 25.8 Å². The van der Waals surface area contributed by atoms with Gasteiger partial charge in [0.05, 0.1) is 18.7 Å². The van der Waals surface area contributed by atoms with Crippen molar-refractivity contribution in [1.82, 2.24) is 4.90 Å². The average molecular weight is 454 g/mol. The zero-order valence-corrected chi connectivity index (χ0v) is 19.7. The third-order valence-electron chi connectivity index (χ3n) is 5.95. The molecule has 7 heteroatoms. The van der Waals surface area contributed by atoms with Crippen molar-refractivity contribution in [3.05, 3.63) is 64.2 Å². The van der Waals surface area contributed by atoms with E-state index >= 15 is 0 Å². The van der Waals surface area contributed by atoms with Crippen molar-refractivity contribution in [1.29, 1.82) is 0 Å². The van der Waals surface area contributed by atoms with Gasteiger partial charge in [0.25, 0.3) is 11.7 Å². The van der Waals surface area contributed by atoms with Crippen molar-refractivity contribution in [2.75, 3.05) is 27.4 Å². The molecule has 2 aromatic rings. The standard InChI is InChI=1S/C26H31NO6/c1-15(2)19-14-20(16(3)13-21(19)33-5)24(29)22-23(17-7-9-18(28)10-8-17)27(11-6-12-32-4)26(31)25(22)30/h7-10,13-15,23,28-29H,6,11-12H2,1-5H3/b24-22+.